The van der Waals surface area contributed by atoms with E-state index in [1.54, 1.807) is 22.7 Å². The fraction of sp³-hybridized carbons (Fsp3) is 0.333. The Kier molecular flexibility index (Phi) is 4.24. The third-order valence-corrected chi connectivity index (χ3v) is 5.88. The molecule has 0 radical (unpaired) electrons. The monoisotopic (exact) mass is 358 g/mol. The molecule has 24 heavy (non-hydrogen) atoms. The molecule has 0 N–H and O–H groups in total. The molecule has 1 aliphatic carbocycles. The van der Waals surface area contributed by atoms with Gasteiger partial charge in [0.2, 0.25) is 11.8 Å². The molecule has 1 amide bonds. The van der Waals surface area contributed by atoms with Crippen LogP contribution in [0.5, 0.6) is 0 Å². The molecule has 6 heteroatoms. The molecule has 0 aromatic carbocycles. The minimum Gasteiger partial charge on any atom is -0.440 e. The average molecular weight is 358 g/mol. The van der Waals surface area contributed by atoms with E-state index in [1.807, 2.05) is 35.4 Å². The highest BCUT2D eigenvalue weighted by Gasteiger charge is 2.33. The third kappa shape index (κ3) is 3.30. The van der Waals surface area contributed by atoms with Gasteiger partial charge in [0, 0.05) is 10.9 Å². The predicted octanol–water partition coefficient (Wildman–Crippen LogP) is 4.51. The largest absolute Gasteiger partial charge is 0.440 e. The second kappa shape index (κ2) is 6.53. The Labute approximate surface area is 148 Å². The zero-order chi connectivity index (χ0) is 16.5. The maximum Gasteiger partial charge on any atom is 0.236 e. The van der Waals surface area contributed by atoms with Crippen molar-refractivity contribution in [2.75, 3.05) is 0 Å². The topological polar surface area (TPSA) is 46.3 Å². The zero-order valence-electron chi connectivity index (χ0n) is 13.4. The van der Waals surface area contributed by atoms with Crippen molar-refractivity contribution < 1.29 is 9.21 Å². The van der Waals surface area contributed by atoms with E-state index in [4.69, 9.17) is 4.42 Å². The van der Waals surface area contributed by atoms with Gasteiger partial charge in [-0.2, -0.15) is 0 Å². The van der Waals surface area contributed by atoms with Gasteiger partial charge in [-0.05, 0) is 42.7 Å². The van der Waals surface area contributed by atoms with Gasteiger partial charge in [0.05, 0.1) is 23.5 Å². The van der Waals surface area contributed by atoms with Crippen LogP contribution in [0.25, 0.3) is 10.8 Å². The Morgan fingerprint density at radius 1 is 1.29 bits per heavy atom. The van der Waals surface area contributed by atoms with E-state index in [2.05, 4.69) is 16.4 Å². The van der Waals surface area contributed by atoms with Gasteiger partial charge in [-0.15, -0.1) is 22.7 Å². The highest BCUT2D eigenvalue weighted by atomic mass is 32.1. The van der Waals surface area contributed by atoms with E-state index in [0.717, 1.165) is 29.2 Å². The summed E-state index contributed by atoms with van der Waals surface area (Å²) in [5, 5.41) is 4.05. The van der Waals surface area contributed by atoms with Crippen LogP contribution in [0, 0.1) is 6.92 Å². The molecule has 0 unspecified atom stereocenters. The second-order valence-electron chi connectivity index (χ2n) is 6.01. The Morgan fingerprint density at radius 2 is 2.08 bits per heavy atom. The van der Waals surface area contributed by atoms with Crippen molar-refractivity contribution in [2.24, 2.45) is 0 Å². The molecule has 4 rings (SSSR count). The number of aryl methyl sites for hydroxylation is 1. The van der Waals surface area contributed by atoms with Gasteiger partial charge < -0.3 is 9.32 Å². The van der Waals surface area contributed by atoms with Crippen LogP contribution in [0.3, 0.4) is 0 Å². The number of carbonyl (C=O) groups excluding carboxylic acids is 1. The third-order valence-electron chi connectivity index (χ3n) is 4.16. The molecule has 0 aliphatic heterocycles. The van der Waals surface area contributed by atoms with Gasteiger partial charge in [-0.3, -0.25) is 4.79 Å². The SMILES string of the molecule is Cc1oc(-c2cccs2)nc1CC(=O)N(Cc1cccs1)C1CC1. The second-order valence-corrected chi connectivity index (χ2v) is 7.99. The molecule has 124 valence electrons. The summed E-state index contributed by atoms with van der Waals surface area (Å²) in [6.45, 7) is 2.59. The molecule has 0 saturated heterocycles. The van der Waals surface area contributed by atoms with Crippen molar-refractivity contribution in [3.63, 3.8) is 0 Å². The van der Waals surface area contributed by atoms with Crippen molar-refractivity contribution in [3.05, 3.63) is 51.4 Å². The number of rotatable bonds is 6. The van der Waals surface area contributed by atoms with Crippen LogP contribution >= 0.6 is 22.7 Å². The summed E-state index contributed by atoms with van der Waals surface area (Å²) in [5.74, 6) is 1.49. The zero-order valence-corrected chi connectivity index (χ0v) is 15.0. The minimum absolute atomic E-state index is 0.139. The standard InChI is InChI=1S/C18H18N2O2S2/c1-12-15(19-18(22-12)16-5-3-9-24-16)10-17(21)20(13-6-7-13)11-14-4-2-8-23-14/h2-5,8-9,13H,6-7,10-11H2,1H3. The quantitative estimate of drug-likeness (QED) is 0.651. The Morgan fingerprint density at radius 3 is 2.75 bits per heavy atom. The van der Waals surface area contributed by atoms with E-state index in [-0.39, 0.29) is 5.91 Å². The lowest BCUT2D eigenvalue weighted by Crippen LogP contribution is -2.33. The molecule has 3 heterocycles. The van der Waals surface area contributed by atoms with Gasteiger partial charge in [0.15, 0.2) is 0 Å². The lowest BCUT2D eigenvalue weighted by Gasteiger charge is -2.21. The van der Waals surface area contributed by atoms with Crippen LogP contribution < -0.4 is 0 Å². The number of aromatic nitrogens is 1. The summed E-state index contributed by atoms with van der Waals surface area (Å²) >= 11 is 3.29. The highest BCUT2D eigenvalue weighted by molar-refractivity contribution is 7.13. The molecule has 0 bridgehead atoms. The average Bonchev–Trinajstić information content (AvgIpc) is 2.97. The molecule has 1 fully saturated rings. The summed E-state index contributed by atoms with van der Waals surface area (Å²) in [7, 11) is 0. The van der Waals surface area contributed by atoms with Crippen LogP contribution in [0.1, 0.15) is 29.2 Å². The summed E-state index contributed by atoms with van der Waals surface area (Å²) in [5.41, 5.74) is 0.750. The number of carbonyl (C=O) groups is 1. The Balaban J connectivity index is 1.50. The summed E-state index contributed by atoms with van der Waals surface area (Å²) < 4.78 is 5.75. The molecule has 3 aromatic rings. The molecule has 4 nitrogen and oxygen atoms in total. The van der Waals surface area contributed by atoms with Crippen LogP contribution in [0.4, 0.5) is 0 Å². The smallest absolute Gasteiger partial charge is 0.236 e. The fourth-order valence-corrected chi connectivity index (χ4v) is 4.07. The predicted molar refractivity (Wildman–Crippen MR) is 96.1 cm³/mol. The first-order valence-electron chi connectivity index (χ1n) is 8.03. The van der Waals surface area contributed by atoms with Crippen LogP contribution in [0.2, 0.25) is 0 Å². The molecule has 1 aliphatic rings. The molecular weight excluding hydrogens is 340 g/mol. The number of hydrogen-bond acceptors (Lipinski definition) is 5. The number of amides is 1. The maximum atomic E-state index is 12.8. The highest BCUT2D eigenvalue weighted by Crippen LogP contribution is 2.31. The number of oxazole rings is 1. The summed E-state index contributed by atoms with van der Waals surface area (Å²) in [4.78, 5) is 21.6. The van der Waals surface area contributed by atoms with E-state index in [1.165, 1.54) is 4.88 Å². The van der Waals surface area contributed by atoms with Crippen molar-refractivity contribution in [1.29, 1.82) is 0 Å². The summed E-state index contributed by atoms with van der Waals surface area (Å²) in [6.07, 6.45) is 2.52. The summed E-state index contributed by atoms with van der Waals surface area (Å²) in [6, 6.07) is 8.46. The first-order chi connectivity index (χ1) is 11.7. The van der Waals surface area contributed by atoms with Gasteiger partial charge in [-0.25, -0.2) is 4.98 Å². The van der Waals surface area contributed by atoms with E-state index >= 15 is 0 Å². The molecule has 0 spiro atoms. The Hall–Kier alpha value is -1.92. The van der Waals surface area contributed by atoms with Crippen molar-refractivity contribution >= 4 is 28.6 Å². The maximum absolute atomic E-state index is 12.8. The lowest BCUT2D eigenvalue weighted by atomic mass is 10.2. The van der Waals surface area contributed by atoms with Gasteiger partial charge in [-0.1, -0.05) is 12.1 Å². The van der Waals surface area contributed by atoms with Gasteiger partial charge in [0.25, 0.3) is 0 Å². The lowest BCUT2D eigenvalue weighted by molar-refractivity contribution is -0.131. The van der Waals surface area contributed by atoms with E-state index in [0.29, 0.717) is 24.9 Å². The number of hydrogen-bond donors (Lipinski definition) is 0. The van der Waals surface area contributed by atoms with E-state index < -0.39 is 0 Å². The van der Waals surface area contributed by atoms with Gasteiger partial charge >= 0.3 is 0 Å². The Bertz CT molecular complexity index is 817. The first-order valence-corrected chi connectivity index (χ1v) is 9.78. The fourth-order valence-electron chi connectivity index (χ4n) is 2.72. The van der Waals surface area contributed by atoms with Gasteiger partial charge in [0.1, 0.15) is 5.76 Å². The number of nitrogens with zero attached hydrogens (tertiary/aromatic N) is 2. The molecule has 0 atom stereocenters. The first kappa shape index (κ1) is 15.6. The number of thiophene rings is 2. The minimum atomic E-state index is 0.139. The van der Waals surface area contributed by atoms with Crippen molar-refractivity contribution in [3.8, 4) is 10.8 Å². The van der Waals surface area contributed by atoms with Crippen LogP contribution in [-0.4, -0.2) is 21.8 Å². The normalized spacial score (nSPS) is 14.0. The molecule has 1 saturated carbocycles. The van der Waals surface area contributed by atoms with E-state index in [9.17, 15) is 4.79 Å². The van der Waals surface area contributed by atoms with Crippen molar-refractivity contribution in [2.45, 2.75) is 38.8 Å². The van der Waals surface area contributed by atoms with Crippen molar-refractivity contribution in [1.82, 2.24) is 9.88 Å². The molecule has 3 aromatic heterocycles. The van der Waals surface area contributed by atoms with Crippen LogP contribution in [-0.2, 0) is 17.8 Å². The van der Waals surface area contributed by atoms with Crippen LogP contribution in [0.15, 0.2) is 39.4 Å². The molecular formula is C18H18N2O2S2.